The fraction of sp³-hybridized carbons (Fsp3) is 0.333. The summed E-state index contributed by atoms with van der Waals surface area (Å²) < 4.78 is 34.1. The molecule has 4 nitrogen and oxygen atoms in total. The molecular formula is C15H19NaO4S. The maximum Gasteiger partial charge on any atom is 1.00 e. The van der Waals surface area contributed by atoms with Gasteiger partial charge in [-0.05, 0) is 48.1 Å². The van der Waals surface area contributed by atoms with E-state index in [1.165, 1.54) is 6.07 Å². The standard InChI is InChI=1S/C15H18O3S.Na.H2O/c1-9(2)12-6-5-10(3)15-13(8-12)11(4)7-14(15)19(16,17)18;;/h5-9H,1-4H3,(H,16,17,18);;1H2/q;+1;/p-1. The van der Waals surface area contributed by atoms with Crippen molar-refractivity contribution in [2.45, 2.75) is 38.5 Å². The van der Waals surface area contributed by atoms with Gasteiger partial charge in [-0.15, -0.1) is 0 Å². The van der Waals surface area contributed by atoms with Crippen molar-refractivity contribution in [1.29, 1.82) is 0 Å². The van der Waals surface area contributed by atoms with Gasteiger partial charge in [0.05, 0.1) is 4.90 Å². The fourth-order valence-corrected chi connectivity index (χ4v) is 3.19. The molecule has 2 aliphatic carbocycles. The summed E-state index contributed by atoms with van der Waals surface area (Å²) in [5.41, 5.74) is 4.16. The first kappa shape index (κ1) is 20.6. The summed E-state index contributed by atoms with van der Waals surface area (Å²) in [6, 6.07) is 7.33. The molecule has 0 bridgehead atoms. The van der Waals surface area contributed by atoms with Crippen LogP contribution in [0.5, 0.6) is 0 Å². The van der Waals surface area contributed by atoms with E-state index in [9.17, 15) is 13.0 Å². The third-order valence-electron chi connectivity index (χ3n) is 3.46. The van der Waals surface area contributed by atoms with Crippen LogP contribution in [0.3, 0.4) is 0 Å². The molecule has 0 fully saturated rings. The van der Waals surface area contributed by atoms with Gasteiger partial charge in [0.2, 0.25) is 0 Å². The van der Waals surface area contributed by atoms with Crippen LogP contribution in [-0.4, -0.2) is 18.4 Å². The van der Waals surface area contributed by atoms with Crippen LogP contribution < -0.4 is 29.6 Å². The van der Waals surface area contributed by atoms with Gasteiger partial charge in [0, 0.05) is 5.56 Å². The van der Waals surface area contributed by atoms with Crippen LogP contribution in [0, 0.1) is 13.8 Å². The zero-order valence-electron chi connectivity index (χ0n) is 13.0. The van der Waals surface area contributed by atoms with E-state index in [-0.39, 0.29) is 39.9 Å². The van der Waals surface area contributed by atoms with E-state index in [0.717, 1.165) is 22.3 Å². The van der Waals surface area contributed by atoms with Crippen LogP contribution in [0.2, 0.25) is 0 Å². The first-order valence-electron chi connectivity index (χ1n) is 6.21. The van der Waals surface area contributed by atoms with Crippen molar-refractivity contribution in [2.24, 2.45) is 0 Å². The maximum absolute atomic E-state index is 11.4. The maximum atomic E-state index is 11.4. The van der Waals surface area contributed by atoms with E-state index in [1.54, 1.807) is 0 Å². The molecule has 0 heterocycles. The molecule has 0 atom stereocenters. The first-order valence-corrected chi connectivity index (χ1v) is 7.62. The molecule has 0 saturated heterocycles. The average Bonchev–Trinajstić information content (AvgIpc) is 2.50. The minimum absolute atomic E-state index is 0. The molecule has 2 N–H and O–H groups in total. The zero-order valence-corrected chi connectivity index (χ0v) is 15.8. The molecule has 0 aromatic rings. The van der Waals surface area contributed by atoms with Gasteiger partial charge in [-0.3, -0.25) is 0 Å². The molecule has 6 heteroatoms. The molecule has 2 rings (SSSR count). The Kier molecular flexibility index (Phi) is 7.07. The SMILES string of the molecule is Cc1cc(S(=O)(=O)[O-])c2c(C)ccc(C(C)C)cc1-2.O.[Na+]. The Hall–Kier alpha value is -0.430. The molecule has 0 aliphatic heterocycles. The van der Waals surface area contributed by atoms with Crippen molar-refractivity contribution in [2.75, 3.05) is 0 Å². The number of hydrogen-bond donors (Lipinski definition) is 0. The number of fused-ring (bicyclic) bond motifs is 1. The van der Waals surface area contributed by atoms with Crippen LogP contribution in [0.15, 0.2) is 29.2 Å². The molecule has 0 radical (unpaired) electrons. The number of hydrogen-bond acceptors (Lipinski definition) is 3. The molecule has 21 heavy (non-hydrogen) atoms. The smallest absolute Gasteiger partial charge is 0.744 e. The van der Waals surface area contributed by atoms with Gasteiger partial charge in [-0.2, -0.15) is 0 Å². The van der Waals surface area contributed by atoms with E-state index < -0.39 is 10.1 Å². The Bertz CT molecular complexity index is 708. The van der Waals surface area contributed by atoms with E-state index in [0.29, 0.717) is 11.5 Å². The van der Waals surface area contributed by atoms with Crippen LogP contribution in [0.25, 0.3) is 11.1 Å². The van der Waals surface area contributed by atoms with Crippen molar-refractivity contribution in [3.05, 3.63) is 41.0 Å². The minimum Gasteiger partial charge on any atom is -0.744 e. The third kappa shape index (κ3) is 4.06. The van der Waals surface area contributed by atoms with Gasteiger partial charge in [-0.25, -0.2) is 8.42 Å². The van der Waals surface area contributed by atoms with Crippen molar-refractivity contribution in [3.63, 3.8) is 0 Å². The summed E-state index contributed by atoms with van der Waals surface area (Å²) in [6.07, 6.45) is 0. The predicted octanol–water partition coefficient (Wildman–Crippen LogP) is -0.385. The molecule has 0 unspecified atom stereocenters. The van der Waals surface area contributed by atoms with Crippen LogP contribution >= 0.6 is 0 Å². The molecule has 110 valence electrons. The topological polar surface area (TPSA) is 88.7 Å². The normalized spacial score (nSPS) is 11.1. The van der Waals surface area contributed by atoms with Crippen molar-refractivity contribution in [1.82, 2.24) is 0 Å². The number of aryl methyl sites for hydroxylation is 2. The Morgan fingerprint density at radius 2 is 1.62 bits per heavy atom. The van der Waals surface area contributed by atoms with E-state index >= 15 is 0 Å². The molecule has 0 saturated carbocycles. The Morgan fingerprint density at radius 3 is 2.10 bits per heavy atom. The molecular weight excluding hydrogens is 299 g/mol. The minimum atomic E-state index is -4.44. The third-order valence-corrected chi connectivity index (χ3v) is 4.32. The summed E-state index contributed by atoms with van der Waals surface area (Å²) in [5, 5.41) is 0. The average molecular weight is 318 g/mol. The van der Waals surface area contributed by atoms with E-state index in [4.69, 9.17) is 0 Å². The molecule has 0 aromatic heterocycles. The molecule has 0 aromatic carbocycles. The van der Waals surface area contributed by atoms with Gasteiger partial charge in [0.1, 0.15) is 10.1 Å². The van der Waals surface area contributed by atoms with E-state index in [1.807, 2.05) is 32.0 Å². The second kappa shape index (κ2) is 7.22. The fourth-order valence-electron chi connectivity index (χ4n) is 2.34. The molecule has 0 amide bonds. The van der Waals surface area contributed by atoms with Crippen LogP contribution in [0.1, 0.15) is 36.5 Å². The van der Waals surface area contributed by atoms with Gasteiger partial charge < -0.3 is 10.0 Å². The molecule has 2 aliphatic rings. The first-order chi connectivity index (χ1) is 8.71. The van der Waals surface area contributed by atoms with Crippen molar-refractivity contribution < 1.29 is 48.0 Å². The molecule has 0 spiro atoms. The largest absolute Gasteiger partial charge is 1.00 e. The quantitative estimate of drug-likeness (QED) is 0.558. The monoisotopic (exact) mass is 318 g/mol. The van der Waals surface area contributed by atoms with Gasteiger partial charge >= 0.3 is 29.6 Å². The Morgan fingerprint density at radius 1 is 1.05 bits per heavy atom. The summed E-state index contributed by atoms with van der Waals surface area (Å²) >= 11 is 0. The summed E-state index contributed by atoms with van der Waals surface area (Å²) in [4.78, 5) is -0.108. The van der Waals surface area contributed by atoms with Gasteiger partial charge in [0.25, 0.3) is 0 Å². The van der Waals surface area contributed by atoms with Crippen LogP contribution in [-0.2, 0) is 10.1 Å². The predicted molar refractivity (Wildman–Crippen MR) is 78.2 cm³/mol. The number of rotatable bonds is 2. The van der Waals surface area contributed by atoms with Crippen LogP contribution in [0.4, 0.5) is 0 Å². The van der Waals surface area contributed by atoms with Crippen molar-refractivity contribution >= 4 is 10.1 Å². The second-order valence-electron chi connectivity index (χ2n) is 5.25. The van der Waals surface area contributed by atoms with Crippen molar-refractivity contribution in [3.8, 4) is 11.1 Å². The zero-order chi connectivity index (χ0) is 14.4. The van der Waals surface area contributed by atoms with Gasteiger partial charge in [0.15, 0.2) is 0 Å². The summed E-state index contributed by atoms with van der Waals surface area (Å²) in [6.45, 7) is 7.83. The Balaban J connectivity index is 0.00000200. The summed E-state index contributed by atoms with van der Waals surface area (Å²) in [5.74, 6) is 0.344. The second-order valence-corrected chi connectivity index (χ2v) is 6.60. The Labute approximate surface area is 148 Å². The van der Waals surface area contributed by atoms with Gasteiger partial charge in [-0.1, -0.05) is 32.0 Å². The summed E-state index contributed by atoms with van der Waals surface area (Å²) in [7, 11) is -4.44. The van der Waals surface area contributed by atoms with E-state index in [2.05, 4.69) is 13.8 Å².